The lowest BCUT2D eigenvalue weighted by Gasteiger charge is -2.23. The first-order valence-corrected chi connectivity index (χ1v) is 10.1. The van der Waals surface area contributed by atoms with Gasteiger partial charge in [-0.2, -0.15) is 0 Å². The summed E-state index contributed by atoms with van der Waals surface area (Å²) >= 11 is 6.24. The molecule has 1 aromatic carbocycles. The predicted octanol–water partition coefficient (Wildman–Crippen LogP) is 2.15. The molecule has 0 bridgehead atoms. The van der Waals surface area contributed by atoms with E-state index in [0.29, 0.717) is 44.8 Å². The van der Waals surface area contributed by atoms with Crippen LogP contribution in [-0.4, -0.2) is 74.2 Å². The molecular weight excluding hydrogens is 414 g/mol. The Bertz CT molecular complexity index is 786. The van der Waals surface area contributed by atoms with Gasteiger partial charge in [0.05, 0.1) is 18.7 Å². The fraction of sp³-hybridized carbons (Fsp3) is 0.550. The zero-order valence-electron chi connectivity index (χ0n) is 17.5. The molecule has 0 aliphatic carbocycles. The second-order valence-electron chi connectivity index (χ2n) is 7.35. The third-order valence-electron chi connectivity index (χ3n) is 4.42. The molecule has 1 aliphatic rings. The van der Waals surface area contributed by atoms with E-state index >= 15 is 0 Å². The quantitative estimate of drug-likeness (QED) is 0.693. The molecule has 3 amide bonds. The molecule has 0 spiro atoms. The van der Waals surface area contributed by atoms with Gasteiger partial charge in [0.15, 0.2) is 18.1 Å². The van der Waals surface area contributed by atoms with Crippen LogP contribution in [0.2, 0.25) is 5.02 Å². The second kappa shape index (κ2) is 10.9. The molecule has 0 aromatic heterocycles. The maximum atomic E-state index is 13.0. The second-order valence-corrected chi connectivity index (χ2v) is 7.76. The van der Waals surface area contributed by atoms with Crippen LogP contribution in [0.4, 0.5) is 4.79 Å². The highest BCUT2D eigenvalue weighted by Crippen LogP contribution is 2.36. The lowest BCUT2D eigenvalue weighted by atomic mass is 10.1. The minimum atomic E-state index is -0.658. The van der Waals surface area contributed by atoms with Crippen molar-refractivity contribution in [1.29, 1.82) is 0 Å². The van der Waals surface area contributed by atoms with Gasteiger partial charge in [-0.3, -0.25) is 9.59 Å². The minimum Gasteiger partial charge on any atom is -0.493 e. The number of amides is 3. The van der Waals surface area contributed by atoms with Crippen molar-refractivity contribution in [2.75, 3.05) is 46.5 Å². The van der Waals surface area contributed by atoms with Crippen molar-refractivity contribution in [1.82, 2.24) is 9.80 Å². The highest BCUT2D eigenvalue weighted by atomic mass is 35.5. The lowest BCUT2D eigenvalue weighted by Crippen LogP contribution is -2.38. The zero-order valence-corrected chi connectivity index (χ0v) is 18.2. The molecule has 9 nitrogen and oxygen atoms in total. The van der Waals surface area contributed by atoms with Gasteiger partial charge in [-0.05, 0) is 24.5 Å². The van der Waals surface area contributed by atoms with Crippen molar-refractivity contribution in [2.45, 2.75) is 20.3 Å². The number of hydrogen-bond acceptors (Lipinski definition) is 6. The molecule has 0 atom stereocenters. The fourth-order valence-electron chi connectivity index (χ4n) is 2.94. The van der Waals surface area contributed by atoms with Gasteiger partial charge >= 0.3 is 6.09 Å². The topological polar surface area (TPSA) is 111 Å². The maximum absolute atomic E-state index is 13.0. The number of halogens is 1. The molecule has 1 saturated heterocycles. The van der Waals surface area contributed by atoms with Crippen LogP contribution in [0.3, 0.4) is 0 Å². The van der Waals surface area contributed by atoms with E-state index in [4.69, 9.17) is 31.5 Å². The number of ether oxygens (including phenoxy) is 3. The number of nitrogens with two attached hydrogens (primary N) is 1. The van der Waals surface area contributed by atoms with Gasteiger partial charge < -0.3 is 29.7 Å². The number of nitrogens with zero attached hydrogens (tertiary/aromatic N) is 2. The van der Waals surface area contributed by atoms with Gasteiger partial charge in [-0.25, -0.2) is 4.79 Å². The summed E-state index contributed by atoms with van der Waals surface area (Å²) in [5.74, 6) is -0.276. The van der Waals surface area contributed by atoms with E-state index < -0.39 is 5.91 Å². The summed E-state index contributed by atoms with van der Waals surface area (Å²) in [7, 11) is 1.41. The number of primary amides is 1. The Kier molecular flexibility index (Phi) is 8.58. The van der Waals surface area contributed by atoms with Gasteiger partial charge in [-0.1, -0.05) is 25.4 Å². The van der Waals surface area contributed by atoms with Crippen molar-refractivity contribution in [3.05, 3.63) is 22.7 Å². The van der Waals surface area contributed by atoms with Crippen LogP contribution in [0, 0.1) is 5.92 Å². The molecule has 1 heterocycles. The average Bonchev–Trinajstić information content (AvgIpc) is 2.96. The SMILES string of the molecule is COc1cc(C(=O)N2CCCN(C(=O)OCC(C)C)CC2)cc(Cl)c1OCC(N)=O. The molecule has 2 N–H and O–H groups in total. The smallest absolute Gasteiger partial charge is 0.409 e. The Hall–Kier alpha value is -2.68. The summed E-state index contributed by atoms with van der Waals surface area (Å²) in [6, 6.07) is 2.96. The van der Waals surface area contributed by atoms with E-state index in [1.54, 1.807) is 9.80 Å². The standard InChI is InChI=1S/C20H28ClN3O6/c1-13(2)11-30-20(27)24-6-4-5-23(7-8-24)19(26)14-9-15(21)18(16(10-14)28-3)29-12-17(22)25/h9-10,13H,4-8,11-12H2,1-3H3,(H2,22,25). The normalized spacial score (nSPS) is 14.3. The summed E-state index contributed by atoms with van der Waals surface area (Å²) in [4.78, 5) is 39.4. The summed E-state index contributed by atoms with van der Waals surface area (Å²) in [5.41, 5.74) is 5.41. The molecule has 2 rings (SSSR count). The van der Waals surface area contributed by atoms with Crippen LogP contribution in [0.25, 0.3) is 0 Å². The molecule has 1 aromatic rings. The van der Waals surface area contributed by atoms with Crippen LogP contribution in [0.15, 0.2) is 12.1 Å². The van der Waals surface area contributed by atoms with Crippen LogP contribution >= 0.6 is 11.6 Å². The number of carbonyl (C=O) groups excluding carboxylic acids is 3. The van der Waals surface area contributed by atoms with Crippen molar-refractivity contribution in [2.24, 2.45) is 11.7 Å². The molecule has 0 saturated carbocycles. The lowest BCUT2D eigenvalue weighted by molar-refractivity contribution is -0.119. The van der Waals surface area contributed by atoms with Gasteiger partial charge in [-0.15, -0.1) is 0 Å². The molecule has 10 heteroatoms. The maximum Gasteiger partial charge on any atom is 0.409 e. The largest absolute Gasteiger partial charge is 0.493 e. The molecule has 30 heavy (non-hydrogen) atoms. The Morgan fingerprint density at radius 3 is 2.43 bits per heavy atom. The first-order chi connectivity index (χ1) is 14.2. The van der Waals surface area contributed by atoms with E-state index in [9.17, 15) is 14.4 Å². The number of methoxy groups -OCH3 is 1. The first-order valence-electron chi connectivity index (χ1n) is 9.72. The van der Waals surface area contributed by atoms with Crippen molar-refractivity contribution in [3.8, 4) is 11.5 Å². The Labute approximate surface area is 181 Å². The Balaban J connectivity index is 2.08. The molecule has 166 valence electrons. The highest BCUT2D eigenvalue weighted by molar-refractivity contribution is 6.32. The van der Waals surface area contributed by atoms with Gasteiger partial charge in [0.25, 0.3) is 11.8 Å². The summed E-state index contributed by atoms with van der Waals surface area (Å²) in [6.45, 7) is 5.71. The van der Waals surface area contributed by atoms with E-state index in [0.717, 1.165) is 0 Å². The van der Waals surface area contributed by atoms with Crippen LogP contribution in [0.5, 0.6) is 11.5 Å². The van der Waals surface area contributed by atoms with Crippen LogP contribution in [0.1, 0.15) is 30.6 Å². The van der Waals surface area contributed by atoms with Gasteiger partial charge in [0, 0.05) is 31.7 Å². The van der Waals surface area contributed by atoms with Crippen molar-refractivity contribution < 1.29 is 28.6 Å². The monoisotopic (exact) mass is 441 g/mol. The summed E-state index contributed by atoms with van der Waals surface area (Å²) < 4.78 is 15.8. The predicted molar refractivity (Wildman–Crippen MR) is 111 cm³/mol. The van der Waals surface area contributed by atoms with E-state index in [1.807, 2.05) is 13.8 Å². The molecule has 1 fully saturated rings. The average molecular weight is 442 g/mol. The molecule has 0 radical (unpaired) electrons. The third-order valence-corrected chi connectivity index (χ3v) is 4.70. The highest BCUT2D eigenvalue weighted by Gasteiger charge is 2.25. The Morgan fingerprint density at radius 1 is 1.13 bits per heavy atom. The van der Waals surface area contributed by atoms with Crippen LogP contribution in [-0.2, 0) is 9.53 Å². The van der Waals surface area contributed by atoms with E-state index in [-0.39, 0.29) is 41.0 Å². The molecular formula is C20H28ClN3O6. The number of benzene rings is 1. The minimum absolute atomic E-state index is 0.132. The van der Waals surface area contributed by atoms with E-state index in [2.05, 4.69) is 0 Å². The van der Waals surface area contributed by atoms with Gasteiger partial charge in [0.1, 0.15) is 0 Å². The summed E-state index contributed by atoms with van der Waals surface area (Å²) in [5, 5.41) is 0.132. The van der Waals surface area contributed by atoms with Crippen molar-refractivity contribution in [3.63, 3.8) is 0 Å². The first kappa shape index (κ1) is 23.6. The Morgan fingerprint density at radius 2 is 1.80 bits per heavy atom. The number of hydrogen-bond donors (Lipinski definition) is 1. The zero-order chi connectivity index (χ0) is 22.3. The molecule has 0 unspecified atom stereocenters. The third kappa shape index (κ3) is 6.41. The fourth-order valence-corrected chi connectivity index (χ4v) is 3.21. The summed E-state index contributed by atoms with van der Waals surface area (Å²) in [6.07, 6.45) is 0.270. The van der Waals surface area contributed by atoms with E-state index in [1.165, 1.54) is 19.2 Å². The van der Waals surface area contributed by atoms with Crippen LogP contribution < -0.4 is 15.2 Å². The van der Waals surface area contributed by atoms with Crippen molar-refractivity contribution >= 4 is 29.5 Å². The molecule has 1 aliphatic heterocycles. The number of rotatable bonds is 7. The van der Waals surface area contributed by atoms with Gasteiger partial charge in [0.2, 0.25) is 0 Å². The number of carbonyl (C=O) groups is 3.